The maximum atomic E-state index is 12.1. The quantitative estimate of drug-likeness (QED) is 0.887. The van der Waals surface area contributed by atoms with Crippen molar-refractivity contribution in [2.75, 3.05) is 6.54 Å². The Bertz CT molecular complexity index is 516. The summed E-state index contributed by atoms with van der Waals surface area (Å²) in [6.07, 6.45) is 0.731. The number of urea groups is 1. The number of nitrogens with one attached hydrogen (secondary N) is 1. The van der Waals surface area contributed by atoms with E-state index in [-0.39, 0.29) is 11.9 Å². The molecule has 20 heavy (non-hydrogen) atoms. The van der Waals surface area contributed by atoms with Crippen LogP contribution in [0.25, 0.3) is 0 Å². The highest BCUT2D eigenvalue weighted by molar-refractivity contribution is 5.83. The topological polar surface area (TPSA) is 69.6 Å². The number of carboxylic acids is 1. The Morgan fingerprint density at radius 1 is 1.45 bits per heavy atom. The highest BCUT2D eigenvalue weighted by atomic mass is 16.4. The van der Waals surface area contributed by atoms with Gasteiger partial charge in [0.15, 0.2) is 0 Å². The number of carbonyl (C=O) groups excluding carboxylic acids is 1. The van der Waals surface area contributed by atoms with Gasteiger partial charge in [-0.15, -0.1) is 0 Å². The van der Waals surface area contributed by atoms with Crippen LogP contribution in [-0.2, 0) is 11.3 Å². The smallest absolute Gasteiger partial charge is 0.326 e. The lowest BCUT2D eigenvalue weighted by Gasteiger charge is -2.23. The molecule has 0 aliphatic carbocycles. The van der Waals surface area contributed by atoms with E-state index in [1.54, 1.807) is 0 Å². The number of aliphatic carboxylic acids is 1. The molecule has 2 atom stereocenters. The Morgan fingerprint density at radius 3 is 2.85 bits per heavy atom. The zero-order valence-electron chi connectivity index (χ0n) is 11.8. The summed E-state index contributed by atoms with van der Waals surface area (Å²) in [7, 11) is 0. The predicted molar refractivity (Wildman–Crippen MR) is 75.3 cm³/mol. The molecule has 0 spiro atoms. The van der Waals surface area contributed by atoms with Crippen LogP contribution in [0.4, 0.5) is 4.79 Å². The molecule has 5 nitrogen and oxygen atoms in total. The second-order valence-electron chi connectivity index (χ2n) is 5.39. The first-order valence-electron chi connectivity index (χ1n) is 6.82. The molecule has 2 unspecified atom stereocenters. The summed E-state index contributed by atoms with van der Waals surface area (Å²) in [6, 6.07) is 6.86. The molecule has 1 heterocycles. The van der Waals surface area contributed by atoms with Crippen LogP contribution in [0.2, 0.25) is 0 Å². The van der Waals surface area contributed by atoms with Gasteiger partial charge in [-0.05, 0) is 24.8 Å². The van der Waals surface area contributed by atoms with E-state index in [1.807, 2.05) is 38.1 Å². The van der Waals surface area contributed by atoms with Crippen LogP contribution in [0.5, 0.6) is 0 Å². The monoisotopic (exact) mass is 276 g/mol. The maximum absolute atomic E-state index is 12.1. The molecular weight excluding hydrogens is 256 g/mol. The zero-order valence-corrected chi connectivity index (χ0v) is 11.8. The number of rotatable bonds is 3. The van der Waals surface area contributed by atoms with Gasteiger partial charge >= 0.3 is 12.0 Å². The molecule has 0 saturated carbocycles. The Kier molecular flexibility index (Phi) is 4.27. The van der Waals surface area contributed by atoms with Crippen molar-refractivity contribution in [2.45, 2.75) is 32.9 Å². The SMILES string of the molecule is Cc1cccc(CNC(=O)N2CCC(C)C2C(=O)O)c1. The Balaban J connectivity index is 1.96. The van der Waals surface area contributed by atoms with Crippen molar-refractivity contribution in [3.8, 4) is 0 Å². The third-order valence-electron chi connectivity index (χ3n) is 3.74. The largest absolute Gasteiger partial charge is 0.480 e. The molecule has 0 bridgehead atoms. The van der Waals surface area contributed by atoms with Gasteiger partial charge in [-0.3, -0.25) is 0 Å². The van der Waals surface area contributed by atoms with Gasteiger partial charge in [0.05, 0.1) is 0 Å². The fourth-order valence-electron chi connectivity index (χ4n) is 2.65. The van der Waals surface area contributed by atoms with Crippen LogP contribution in [0, 0.1) is 12.8 Å². The first-order valence-corrected chi connectivity index (χ1v) is 6.82. The van der Waals surface area contributed by atoms with Crippen LogP contribution in [0.1, 0.15) is 24.5 Å². The van der Waals surface area contributed by atoms with Crippen molar-refractivity contribution in [2.24, 2.45) is 5.92 Å². The fraction of sp³-hybridized carbons (Fsp3) is 0.467. The average Bonchev–Trinajstić information content (AvgIpc) is 2.78. The number of nitrogens with zero attached hydrogens (tertiary/aromatic N) is 1. The summed E-state index contributed by atoms with van der Waals surface area (Å²) in [4.78, 5) is 24.8. The van der Waals surface area contributed by atoms with Crippen molar-refractivity contribution in [1.29, 1.82) is 0 Å². The third kappa shape index (κ3) is 3.10. The van der Waals surface area contributed by atoms with E-state index in [0.29, 0.717) is 13.1 Å². The average molecular weight is 276 g/mol. The number of aryl methyl sites for hydroxylation is 1. The molecule has 5 heteroatoms. The lowest BCUT2D eigenvalue weighted by Crippen LogP contribution is -2.47. The number of likely N-dealkylation sites (tertiary alicyclic amines) is 1. The van der Waals surface area contributed by atoms with Crippen molar-refractivity contribution < 1.29 is 14.7 Å². The molecule has 0 aromatic heterocycles. The van der Waals surface area contributed by atoms with Gasteiger partial charge in [-0.25, -0.2) is 9.59 Å². The van der Waals surface area contributed by atoms with Gasteiger partial charge in [-0.2, -0.15) is 0 Å². The van der Waals surface area contributed by atoms with Gasteiger partial charge in [0.25, 0.3) is 0 Å². The summed E-state index contributed by atoms with van der Waals surface area (Å²) in [5.41, 5.74) is 2.15. The van der Waals surface area contributed by atoms with E-state index in [2.05, 4.69) is 5.32 Å². The van der Waals surface area contributed by atoms with E-state index in [9.17, 15) is 14.7 Å². The highest BCUT2D eigenvalue weighted by Crippen LogP contribution is 2.24. The van der Waals surface area contributed by atoms with E-state index in [1.165, 1.54) is 4.90 Å². The minimum Gasteiger partial charge on any atom is -0.480 e. The molecule has 2 rings (SSSR count). The first-order chi connectivity index (χ1) is 9.49. The fourth-order valence-corrected chi connectivity index (χ4v) is 2.65. The number of hydrogen-bond donors (Lipinski definition) is 2. The first kappa shape index (κ1) is 14.4. The van der Waals surface area contributed by atoms with Gasteiger partial charge in [-0.1, -0.05) is 36.8 Å². The predicted octanol–water partition coefficient (Wildman–Crippen LogP) is 2.00. The van der Waals surface area contributed by atoms with Crippen molar-refractivity contribution in [1.82, 2.24) is 10.2 Å². The van der Waals surface area contributed by atoms with Crippen LogP contribution in [-0.4, -0.2) is 34.6 Å². The Labute approximate surface area is 118 Å². The van der Waals surface area contributed by atoms with Crippen molar-refractivity contribution in [3.63, 3.8) is 0 Å². The third-order valence-corrected chi connectivity index (χ3v) is 3.74. The van der Waals surface area contributed by atoms with Crippen molar-refractivity contribution >= 4 is 12.0 Å². The molecule has 1 fully saturated rings. The minimum atomic E-state index is -0.930. The molecule has 1 aromatic rings. The zero-order chi connectivity index (χ0) is 14.7. The van der Waals surface area contributed by atoms with Gasteiger partial charge in [0, 0.05) is 13.1 Å². The molecule has 1 aliphatic heterocycles. The summed E-state index contributed by atoms with van der Waals surface area (Å²) in [6.45, 7) is 4.77. The minimum absolute atomic E-state index is 0.00257. The summed E-state index contributed by atoms with van der Waals surface area (Å²) < 4.78 is 0. The molecule has 2 amide bonds. The normalized spacial score (nSPS) is 21.8. The summed E-state index contributed by atoms with van der Waals surface area (Å²) in [5, 5.41) is 12.0. The summed E-state index contributed by atoms with van der Waals surface area (Å²) >= 11 is 0. The highest BCUT2D eigenvalue weighted by Gasteiger charge is 2.39. The standard InChI is InChI=1S/C15H20N2O3/c1-10-4-3-5-12(8-10)9-16-15(20)17-7-6-11(2)13(17)14(18)19/h3-5,8,11,13H,6-7,9H2,1-2H3,(H,16,20)(H,18,19). The molecule has 0 radical (unpaired) electrons. The van der Waals surface area contributed by atoms with Crippen LogP contribution >= 0.6 is 0 Å². The number of amides is 2. The van der Waals surface area contributed by atoms with Gasteiger partial charge in [0.2, 0.25) is 0 Å². The van der Waals surface area contributed by atoms with Crippen LogP contribution in [0.3, 0.4) is 0 Å². The van der Waals surface area contributed by atoms with Gasteiger partial charge in [0.1, 0.15) is 6.04 Å². The van der Waals surface area contributed by atoms with Crippen molar-refractivity contribution in [3.05, 3.63) is 35.4 Å². The number of hydrogen-bond acceptors (Lipinski definition) is 2. The second kappa shape index (κ2) is 5.94. The lowest BCUT2D eigenvalue weighted by atomic mass is 10.0. The van der Waals surface area contributed by atoms with E-state index < -0.39 is 12.0 Å². The van der Waals surface area contributed by atoms with Gasteiger partial charge < -0.3 is 15.3 Å². The maximum Gasteiger partial charge on any atom is 0.326 e. The molecule has 1 aromatic carbocycles. The molecule has 2 N–H and O–H groups in total. The number of carboxylic acid groups (broad SMARTS) is 1. The number of carbonyl (C=O) groups is 2. The Hall–Kier alpha value is -2.04. The molecule has 108 valence electrons. The van der Waals surface area contributed by atoms with E-state index in [4.69, 9.17) is 0 Å². The number of benzene rings is 1. The van der Waals surface area contributed by atoms with E-state index in [0.717, 1.165) is 17.5 Å². The summed E-state index contributed by atoms with van der Waals surface area (Å²) in [5.74, 6) is -0.932. The van der Waals surface area contributed by atoms with Crippen LogP contribution in [0.15, 0.2) is 24.3 Å². The Morgan fingerprint density at radius 2 is 2.20 bits per heavy atom. The molecule has 1 aliphatic rings. The second-order valence-corrected chi connectivity index (χ2v) is 5.39. The van der Waals surface area contributed by atoms with E-state index >= 15 is 0 Å². The molecule has 1 saturated heterocycles. The molecular formula is C15H20N2O3. The lowest BCUT2D eigenvalue weighted by molar-refractivity contribution is -0.142. The van der Waals surface area contributed by atoms with Crippen LogP contribution < -0.4 is 5.32 Å².